The van der Waals surface area contributed by atoms with Crippen molar-refractivity contribution in [3.63, 3.8) is 0 Å². The average Bonchev–Trinajstić information content (AvgIpc) is 2.60. The number of carbonyl (C=O) groups excluding carboxylic acids is 1. The van der Waals surface area contributed by atoms with Gasteiger partial charge in [0.2, 0.25) is 0 Å². The maximum atomic E-state index is 11.7. The van der Waals surface area contributed by atoms with Crippen LogP contribution in [-0.2, 0) is 9.63 Å². The molecule has 0 aliphatic carbocycles. The molecule has 2 rings (SSSR count). The van der Waals surface area contributed by atoms with Crippen LogP contribution in [0.25, 0.3) is 0 Å². The van der Waals surface area contributed by atoms with Crippen molar-refractivity contribution < 1.29 is 19.1 Å². The van der Waals surface area contributed by atoms with E-state index in [1.165, 1.54) is 13.3 Å². The van der Waals surface area contributed by atoms with Gasteiger partial charge in [0, 0.05) is 11.3 Å². The number of hydrogen-bond donors (Lipinski definition) is 1. The summed E-state index contributed by atoms with van der Waals surface area (Å²) in [7, 11) is 1.52. The standard InChI is InChI=1S/C18H19ClN2O4/c1-3-24-16-10-13(9-15(19)18(16)23-2)11-20-25-12-17(22)21-14-7-5-4-6-8-14/h4-11H,3,12H2,1-2H3,(H,21,22)/b20-11+. The smallest absolute Gasteiger partial charge is 0.265 e. The van der Waals surface area contributed by atoms with Crippen molar-refractivity contribution in [2.45, 2.75) is 6.92 Å². The quantitative estimate of drug-likeness (QED) is 0.573. The molecule has 2 aromatic carbocycles. The molecule has 0 fully saturated rings. The van der Waals surface area contributed by atoms with Crippen LogP contribution < -0.4 is 14.8 Å². The lowest BCUT2D eigenvalue weighted by Gasteiger charge is -2.11. The summed E-state index contributed by atoms with van der Waals surface area (Å²) in [6.07, 6.45) is 1.45. The van der Waals surface area contributed by atoms with Gasteiger partial charge in [-0.05, 0) is 31.2 Å². The lowest BCUT2D eigenvalue weighted by Crippen LogP contribution is -2.16. The highest BCUT2D eigenvalue weighted by molar-refractivity contribution is 6.32. The van der Waals surface area contributed by atoms with Gasteiger partial charge in [0.05, 0.1) is 25.0 Å². The summed E-state index contributed by atoms with van der Waals surface area (Å²) in [5, 5.41) is 6.88. The van der Waals surface area contributed by atoms with Crippen LogP contribution in [0.5, 0.6) is 11.5 Å². The molecule has 1 N–H and O–H groups in total. The zero-order chi connectivity index (χ0) is 18.1. The summed E-state index contributed by atoms with van der Waals surface area (Å²) in [5.41, 5.74) is 1.36. The van der Waals surface area contributed by atoms with Gasteiger partial charge in [0.25, 0.3) is 5.91 Å². The highest BCUT2D eigenvalue weighted by Gasteiger charge is 2.10. The van der Waals surface area contributed by atoms with E-state index in [0.29, 0.717) is 34.4 Å². The van der Waals surface area contributed by atoms with Gasteiger partial charge in [0.1, 0.15) is 0 Å². The van der Waals surface area contributed by atoms with Crippen LogP contribution in [0.15, 0.2) is 47.6 Å². The minimum Gasteiger partial charge on any atom is -0.491 e. The van der Waals surface area contributed by atoms with E-state index in [9.17, 15) is 4.79 Å². The fourth-order valence-electron chi connectivity index (χ4n) is 2.04. The first-order valence-corrected chi connectivity index (χ1v) is 8.02. The summed E-state index contributed by atoms with van der Waals surface area (Å²) >= 11 is 6.15. The molecule has 0 unspecified atom stereocenters. The van der Waals surface area contributed by atoms with Crippen molar-refractivity contribution in [3.8, 4) is 11.5 Å². The van der Waals surface area contributed by atoms with Crippen LogP contribution in [0, 0.1) is 0 Å². The third-order valence-corrected chi connectivity index (χ3v) is 3.35. The maximum absolute atomic E-state index is 11.7. The molecule has 2 aromatic rings. The van der Waals surface area contributed by atoms with Crippen LogP contribution in [0.2, 0.25) is 5.02 Å². The molecule has 0 aliphatic rings. The van der Waals surface area contributed by atoms with Crippen molar-refractivity contribution in [1.29, 1.82) is 0 Å². The summed E-state index contributed by atoms with van der Waals surface area (Å²) in [5.74, 6) is 0.677. The fourth-order valence-corrected chi connectivity index (χ4v) is 2.33. The number of rotatable bonds is 8. The van der Waals surface area contributed by atoms with Crippen LogP contribution >= 0.6 is 11.6 Å². The molecule has 7 heteroatoms. The monoisotopic (exact) mass is 362 g/mol. The number of amides is 1. The number of nitrogens with one attached hydrogen (secondary N) is 1. The highest BCUT2D eigenvalue weighted by atomic mass is 35.5. The molecule has 25 heavy (non-hydrogen) atoms. The minimum atomic E-state index is -0.300. The van der Waals surface area contributed by atoms with Crippen molar-refractivity contribution in [2.24, 2.45) is 5.16 Å². The SMILES string of the molecule is CCOc1cc(/C=N/OCC(=O)Nc2ccccc2)cc(Cl)c1OC. The zero-order valence-corrected chi connectivity index (χ0v) is 14.7. The van der Waals surface area contributed by atoms with Gasteiger partial charge in [0.15, 0.2) is 18.1 Å². The number of carbonyl (C=O) groups is 1. The summed E-state index contributed by atoms with van der Waals surface area (Å²) < 4.78 is 10.7. The van der Waals surface area contributed by atoms with Gasteiger partial charge < -0.3 is 19.6 Å². The van der Waals surface area contributed by atoms with Crippen molar-refractivity contribution in [1.82, 2.24) is 0 Å². The summed E-state index contributed by atoms with van der Waals surface area (Å²) in [4.78, 5) is 16.7. The largest absolute Gasteiger partial charge is 0.491 e. The zero-order valence-electron chi connectivity index (χ0n) is 14.0. The Morgan fingerprint density at radius 1 is 1.28 bits per heavy atom. The van der Waals surface area contributed by atoms with Gasteiger partial charge in [-0.1, -0.05) is 35.0 Å². The molecule has 0 saturated heterocycles. The van der Waals surface area contributed by atoms with Crippen molar-refractivity contribution in [3.05, 3.63) is 53.1 Å². The molecule has 0 heterocycles. The number of para-hydroxylation sites is 1. The molecule has 0 saturated carbocycles. The van der Waals surface area contributed by atoms with Crippen LogP contribution in [0.3, 0.4) is 0 Å². The molecular formula is C18H19ClN2O4. The molecule has 132 valence electrons. The molecule has 0 spiro atoms. The van der Waals surface area contributed by atoms with Crippen LogP contribution in [0.1, 0.15) is 12.5 Å². The second-order valence-corrected chi connectivity index (χ2v) is 5.30. The topological polar surface area (TPSA) is 69.2 Å². The van der Waals surface area contributed by atoms with Crippen molar-refractivity contribution in [2.75, 3.05) is 25.6 Å². The van der Waals surface area contributed by atoms with E-state index in [1.807, 2.05) is 25.1 Å². The third-order valence-electron chi connectivity index (χ3n) is 3.07. The first-order chi connectivity index (χ1) is 12.1. The predicted molar refractivity (Wildman–Crippen MR) is 97.8 cm³/mol. The number of halogens is 1. The summed E-state index contributed by atoms with van der Waals surface area (Å²) in [6.45, 7) is 2.14. The number of ether oxygens (including phenoxy) is 2. The Hall–Kier alpha value is -2.73. The first-order valence-electron chi connectivity index (χ1n) is 7.64. The Balaban J connectivity index is 1.92. The van der Waals surface area contributed by atoms with Crippen molar-refractivity contribution >= 4 is 29.4 Å². The Kier molecular flexibility index (Phi) is 7.10. The molecule has 0 atom stereocenters. The normalized spacial score (nSPS) is 10.5. The van der Waals surface area contributed by atoms with Gasteiger partial charge >= 0.3 is 0 Å². The lowest BCUT2D eigenvalue weighted by molar-refractivity contribution is -0.120. The van der Waals surface area contributed by atoms with Gasteiger partial charge in [-0.15, -0.1) is 0 Å². The predicted octanol–water partition coefficient (Wildman–Crippen LogP) is 3.74. The number of oxime groups is 1. The molecule has 0 aliphatic heterocycles. The van der Waals surface area contributed by atoms with Gasteiger partial charge in [-0.25, -0.2) is 0 Å². The van der Waals surface area contributed by atoms with Gasteiger partial charge in [-0.2, -0.15) is 0 Å². The number of benzene rings is 2. The molecule has 6 nitrogen and oxygen atoms in total. The Morgan fingerprint density at radius 3 is 2.72 bits per heavy atom. The lowest BCUT2D eigenvalue weighted by atomic mass is 10.2. The van der Waals surface area contributed by atoms with E-state index >= 15 is 0 Å². The van der Waals surface area contributed by atoms with E-state index in [4.69, 9.17) is 25.9 Å². The fraction of sp³-hybridized carbons (Fsp3) is 0.222. The molecule has 0 radical (unpaired) electrons. The second-order valence-electron chi connectivity index (χ2n) is 4.89. The van der Waals surface area contributed by atoms with Gasteiger partial charge in [-0.3, -0.25) is 4.79 Å². The second kappa shape index (κ2) is 9.54. The minimum absolute atomic E-state index is 0.201. The molecular weight excluding hydrogens is 344 g/mol. The van der Waals surface area contributed by atoms with E-state index in [-0.39, 0.29) is 12.5 Å². The summed E-state index contributed by atoms with van der Waals surface area (Å²) in [6, 6.07) is 12.5. The van der Waals surface area contributed by atoms with Crippen LogP contribution in [0.4, 0.5) is 5.69 Å². The Labute approximate surface area is 151 Å². The van der Waals surface area contributed by atoms with E-state index in [1.54, 1.807) is 24.3 Å². The van der Waals surface area contributed by atoms with E-state index in [2.05, 4.69) is 10.5 Å². The van der Waals surface area contributed by atoms with E-state index < -0.39 is 0 Å². The number of hydrogen-bond acceptors (Lipinski definition) is 5. The highest BCUT2D eigenvalue weighted by Crippen LogP contribution is 2.35. The molecule has 0 bridgehead atoms. The van der Waals surface area contributed by atoms with Crippen LogP contribution in [-0.4, -0.2) is 32.4 Å². The number of nitrogens with zero attached hydrogens (tertiary/aromatic N) is 1. The Bertz CT molecular complexity index is 735. The van der Waals surface area contributed by atoms with E-state index in [0.717, 1.165) is 0 Å². The maximum Gasteiger partial charge on any atom is 0.265 e. The first kappa shape index (κ1) is 18.6. The third kappa shape index (κ3) is 5.69. The number of anilines is 1. The number of methoxy groups -OCH3 is 1. The molecule has 1 amide bonds. The Morgan fingerprint density at radius 2 is 2.04 bits per heavy atom. The molecule has 0 aromatic heterocycles. The average molecular weight is 363 g/mol.